The topological polar surface area (TPSA) is 18.5 Å². The van der Waals surface area contributed by atoms with Gasteiger partial charge in [0.15, 0.2) is 0 Å². The van der Waals surface area contributed by atoms with Crippen molar-refractivity contribution in [1.29, 1.82) is 0 Å². The lowest BCUT2D eigenvalue weighted by Gasteiger charge is -2.32. The fourth-order valence-corrected chi connectivity index (χ4v) is 1.38. The summed E-state index contributed by atoms with van der Waals surface area (Å²) in [4.78, 5) is 0. The molecule has 0 radical (unpaired) electrons. The van der Waals surface area contributed by atoms with Gasteiger partial charge in [-0.15, -0.1) is 0 Å². The molecule has 0 aromatic heterocycles. The molecule has 0 bridgehead atoms. The molecule has 1 fully saturated rings. The first kappa shape index (κ1) is 12.8. The van der Waals surface area contributed by atoms with Crippen molar-refractivity contribution in [3.8, 4) is 0 Å². The van der Waals surface area contributed by atoms with Gasteiger partial charge in [0.2, 0.25) is 0 Å². The Balaban J connectivity index is 2.60. The van der Waals surface area contributed by atoms with Crippen molar-refractivity contribution in [2.24, 2.45) is 5.92 Å². The number of hydrogen-bond donors (Lipinski definition) is 0. The average Bonchev–Trinajstić information content (AvgIpc) is 2.31. The van der Waals surface area contributed by atoms with E-state index in [0.29, 0.717) is 5.92 Å². The molecule has 0 saturated carbocycles. The van der Waals surface area contributed by atoms with Crippen molar-refractivity contribution in [2.45, 2.75) is 59.2 Å². The van der Waals surface area contributed by atoms with Gasteiger partial charge >= 0.3 is 7.12 Å². The van der Waals surface area contributed by atoms with Crippen LogP contribution in [0.5, 0.6) is 0 Å². The molecule has 1 unspecified atom stereocenters. The zero-order valence-corrected chi connectivity index (χ0v) is 10.8. The molecule has 0 N–H and O–H groups in total. The van der Waals surface area contributed by atoms with Gasteiger partial charge < -0.3 is 9.31 Å². The Labute approximate surface area is 94.2 Å². The molecule has 1 aliphatic rings. The molecule has 1 aliphatic heterocycles. The van der Waals surface area contributed by atoms with Crippen molar-refractivity contribution in [3.63, 3.8) is 0 Å². The zero-order chi connectivity index (χ0) is 11.7. The molecule has 1 saturated heterocycles. The van der Waals surface area contributed by atoms with Gasteiger partial charge in [-0.25, -0.2) is 0 Å². The standard InChI is InChI=1S/C12H23BO2/c1-7-10(2)8-9-13-14-11(3,4)12(5,6)15-13/h8-10H,7H2,1-6H3/b9-8-. The van der Waals surface area contributed by atoms with E-state index in [1.165, 1.54) is 0 Å². The van der Waals surface area contributed by atoms with Gasteiger partial charge in [0, 0.05) is 0 Å². The largest absolute Gasteiger partial charge is 0.486 e. The summed E-state index contributed by atoms with van der Waals surface area (Å²) in [5.74, 6) is 2.62. The minimum absolute atomic E-state index is 0.191. The molecular formula is C12H23BO2. The number of rotatable bonds is 3. The van der Waals surface area contributed by atoms with Gasteiger partial charge in [-0.2, -0.15) is 0 Å². The third-order valence-electron chi connectivity index (χ3n) is 3.51. The van der Waals surface area contributed by atoms with E-state index >= 15 is 0 Å². The summed E-state index contributed by atoms with van der Waals surface area (Å²) in [5.41, 5.74) is -0.449. The van der Waals surface area contributed by atoms with Crippen molar-refractivity contribution < 1.29 is 9.31 Å². The van der Waals surface area contributed by atoms with E-state index in [1.807, 2.05) is 5.98 Å². The SMILES string of the molecule is CCC(C)/C=C\B1OC(C)(C)C(C)(C)O1. The highest BCUT2D eigenvalue weighted by molar-refractivity contribution is 6.51. The van der Waals surface area contributed by atoms with E-state index in [4.69, 9.17) is 9.31 Å². The van der Waals surface area contributed by atoms with E-state index in [1.54, 1.807) is 0 Å². The lowest BCUT2D eigenvalue weighted by atomic mass is 9.88. The van der Waals surface area contributed by atoms with Crippen molar-refractivity contribution >= 4 is 7.12 Å². The molecule has 1 atom stereocenters. The summed E-state index contributed by atoms with van der Waals surface area (Å²) in [6.07, 6.45) is 3.32. The smallest absolute Gasteiger partial charge is 0.400 e. The highest BCUT2D eigenvalue weighted by atomic mass is 16.7. The van der Waals surface area contributed by atoms with Gasteiger partial charge in [0.05, 0.1) is 11.2 Å². The van der Waals surface area contributed by atoms with Crippen LogP contribution < -0.4 is 0 Å². The first-order valence-corrected chi connectivity index (χ1v) is 5.82. The number of hydrogen-bond acceptors (Lipinski definition) is 2. The predicted molar refractivity (Wildman–Crippen MR) is 64.7 cm³/mol. The summed E-state index contributed by atoms with van der Waals surface area (Å²) in [6, 6.07) is 0. The van der Waals surface area contributed by atoms with Gasteiger partial charge in [0.25, 0.3) is 0 Å². The maximum absolute atomic E-state index is 5.85. The predicted octanol–water partition coefficient (Wildman–Crippen LogP) is 3.22. The lowest BCUT2D eigenvalue weighted by Crippen LogP contribution is -2.41. The second-order valence-corrected chi connectivity index (χ2v) is 5.40. The van der Waals surface area contributed by atoms with Crippen molar-refractivity contribution in [3.05, 3.63) is 12.1 Å². The summed E-state index contributed by atoms with van der Waals surface area (Å²) < 4.78 is 11.7. The van der Waals surface area contributed by atoms with Gasteiger partial charge in [-0.3, -0.25) is 0 Å². The number of allylic oxidation sites excluding steroid dienone is 1. The van der Waals surface area contributed by atoms with E-state index in [-0.39, 0.29) is 18.3 Å². The Morgan fingerprint density at radius 2 is 1.60 bits per heavy atom. The molecule has 0 aromatic carbocycles. The van der Waals surface area contributed by atoms with Crippen LogP contribution in [0.1, 0.15) is 48.0 Å². The highest BCUT2D eigenvalue weighted by Gasteiger charge is 2.49. The van der Waals surface area contributed by atoms with Gasteiger partial charge in [0.1, 0.15) is 0 Å². The van der Waals surface area contributed by atoms with Crippen LogP contribution in [0.2, 0.25) is 0 Å². The van der Waals surface area contributed by atoms with Crippen molar-refractivity contribution in [1.82, 2.24) is 0 Å². The van der Waals surface area contributed by atoms with E-state index in [0.717, 1.165) is 6.42 Å². The van der Waals surface area contributed by atoms with Crippen LogP contribution >= 0.6 is 0 Å². The second kappa shape index (κ2) is 4.30. The van der Waals surface area contributed by atoms with Crippen LogP contribution in [-0.4, -0.2) is 18.3 Å². The van der Waals surface area contributed by atoms with E-state index < -0.39 is 0 Å². The minimum atomic E-state index is -0.225. The first-order valence-electron chi connectivity index (χ1n) is 5.82. The molecule has 0 amide bonds. The molecule has 1 heterocycles. The monoisotopic (exact) mass is 210 g/mol. The molecule has 1 rings (SSSR count). The summed E-state index contributed by atoms with van der Waals surface area (Å²) >= 11 is 0. The quantitative estimate of drug-likeness (QED) is 0.666. The molecule has 0 spiro atoms. The summed E-state index contributed by atoms with van der Waals surface area (Å²) in [6.45, 7) is 12.7. The zero-order valence-electron chi connectivity index (χ0n) is 10.8. The molecule has 86 valence electrons. The fraction of sp³-hybridized carbons (Fsp3) is 0.833. The normalized spacial score (nSPS) is 26.1. The third-order valence-corrected chi connectivity index (χ3v) is 3.51. The summed E-state index contributed by atoms with van der Waals surface area (Å²) in [5, 5.41) is 0. The van der Waals surface area contributed by atoms with Gasteiger partial charge in [-0.05, 0) is 33.6 Å². The molecule has 15 heavy (non-hydrogen) atoms. The van der Waals surface area contributed by atoms with E-state index in [2.05, 4.69) is 47.6 Å². The van der Waals surface area contributed by atoms with Crippen molar-refractivity contribution in [2.75, 3.05) is 0 Å². The second-order valence-electron chi connectivity index (χ2n) is 5.40. The molecule has 2 nitrogen and oxygen atoms in total. The van der Waals surface area contributed by atoms with Crippen LogP contribution in [0.3, 0.4) is 0 Å². The first-order chi connectivity index (χ1) is 6.78. The van der Waals surface area contributed by atoms with Crippen LogP contribution in [-0.2, 0) is 9.31 Å². The van der Waals surface area contributed by atoms with Crippen LogP contribution in [0.25, 0.3) is 0 Å². The summed E-state index contributed by atoms with van der Waals surface area (Å²) in [7, 11) is -0.191. The van der Waals surface area contributed by atoms with Gasteiger partial charge in [-0.1, -0.05) is 32.3 Å². The maximum atomic E-state index is 5.85. The molecular weight excluding hydrogens is 187 g/mol. The Morgan fingerprint density at radius 1 is 1.13 bits per heavy atom. The minimum Gasteiger partial charge on any atom is -0.400 e. The molecule has 0 aromatic rings. The Bertz CT molecular complexity index is 230. The maximum Gasteiger partial charge on any atom is 0.486 e. The average molecular weight is 210 g/mol. The Morgan fingerprint density at radius 3 is 2.00 bits per heavy atom. The Kier molecular flexibility index (Phi) is 3.67. The van der Waals surface area contributed by atoms with Crippen LogP contribution in [0.15, 0.2) is 12.1 Å². The lowest BCUT2D eigenvalue weighted by molar-refractivity contribution is 0.00578. The van der Waals surface area contributed by atoms with Crippen LogP contribution in [0.4, 0.5) is 0 Å². The fourth-order valence-electron chi connectivity index (χ4n) is 1.38. The van der Waals surface area contributed by atoms with Crippen LogP contribution in [0, 0.1) is 5.92 Å². The third kappa shape index (κ3) is 2.85. The molecule has 3 heteroatoms. The highest BCUT2D eigenvalue weighted by Crippen LogP contribution is 2.36. The Hall–Kier alpha value is -0.275. The molecule has 0 aliphatic carbocycles. The van der Waals surface area contributed by atoms with E-state index in [9.17, 15) is 0 Å².